The molecule has 0 fully saturated rings. The molecule has 0 bridgehead atoms. The predicted octanol–water partition coefficient (Wildman–Crippen LogP) is 0.710. The monoisotopic (exact) mass is 187 g/mol. The van der Waals surface area contributed by atoms with Crippen molar-refractivity contribution in [1.29, 1.82) is 0 Å². The van der Waals surface area contributed by atoms with Gasteiger partial charge in [0.05, 0.1) is 7.11 Å². The van der Waals surface area contributed by atoms with E-state index in [4.69, 9.17) is 0 Å². The lowest BCUT2D eigenvalue weighted by molar-refractivity contribution is -0.146. The van der Waals surface area contributed by atoms with Crippen molar-refractivity contribution < 1.29 is 14.3 Å². The number of carbonyl (C=O) groups excluding carboxylic acids is 2. The van der Waals surface area contributed by atoms with E-state index in [2.05, 4.69) is 10.1 Å². The Morgan fingerprint density at radius 2 is 2.00 bits per heavy atom. The SMILES string of the molecule is CC[C@@H](C)[C@H](NC(C)=O)C(=O)OC. The van der Waals surface area contributed by atoms with Gasteiger partial charge in [-0.05, 0) is 5.92 Å². The zero-order valence-electron chi connectivity index (χ0n) is 8.59. The van der Waals surface area contributed by atoms with Gasteiger partial charge in [0.15, 0.2) is 0 Å². The highest BCUT2D eigenvalue weighted by atomic mass is 16.5. The minimum atomic E-state index is -0.521. The Balaban J connectivity index is 4.35. The molecule has 0 aliphatic carbocycles. The zero-order valence-corrected chi connectivity index (χ0v) is 8.59. The standard InChI is InChI=1S/C9H17NO3/c1-5-6(2)8(9(12)13-4)10-7(3)11/h6,8H,5H2,1-4H3,(H,10,11)/t6-,8+/m1/s1. The van der Waals surface area contributed by atoms with Crippen LogP contribution in [0.4, 0.5) is 0 Å². The van der Waals surface area contributed by atoms with Crippen LogP contribution in [0.2, 0.25) is 0 Å². The molecule has 0 aliphatic rings. The number of rotatable bonds is 4. The second-order valence-electron chi connectivity index (χ2n) is 3.09. The van der Waals surface area contributed by atoms with Crippen LogP contribution >= 0.6 is 0 Å². The summed E-state index contributed by atoms with van der Waals surface area (Å²) in [6.07, 6.45) is 0.819. The number of ether oxygens (including phenoxy) is 1. The third kappa shape index (κ3) is 3.92. The fourth-order valence-corrected chi connectivity index (χ4v) is 1.02. The normalized spacial score (nSPS) is 14.5. The van der Waals surface area contributed by atoms with Gasteiger partial charge in [0.25, 0.3) is 0 Å². The van der Waals surface area contributed by atoms with Gasteiger partial charge in [-0.25, -0.2) is 4.79 Å². The molecule has 0 unspecified atom stereocenters. The van der Waals surface area contributed by atoms with E-state index in [1.54, 1.807) is 0 Å². The smallest absolute Gasteiger partial charge is 0.328 e. The van der Waals surface area contributed by atoms with Crippen LogP contribution in [0, 0.1) is 5.92 Å². The Kier molecular flexibility index (Phi) is 5.11. The lowest BCUT2D eigenvalue weighted by atomic mass is 9.99. The maximum absolute atomic E-state index is 11.2. The van der Waals surface area contributed by atoms with Gasteiger partial charge in [-0.15, -0.1) is 0 Å². The second kappa shape index (κ2) is 5.56. The van der Waals surface area contributed by atoms with Crippen molar-refractivity contribution in [3.63, 3.8) is 0 Å². The van der Waals surface area contributed by atoms with Crippen molar-refractivity contribution in [2.75, 3.05) is 7.11 Å². The molecule has 4 nitrogen and oxygen atoms in total. The summed E-state index contributed by atoms with van der Waals surface area (Å²) in [4.78, 5) is 22.0. The molecule has 2 atom stereocenters. The minimum absolute atomic E-state index is 0.0938. The molecule has 0 aromatic carbocycles. The molecule has 0 saturated heterocycles. The highest BCUT2D eigenvalue weighted by Crippen LogP contribution is 2.08. The number of nitrogens with one attached hydrogen (secondary N) is 1. The summed E-state index contributed by atoms with van der Waals surface area (Å²) < 4.78 is 4.58. The average Bonchev–Trinajstić information content (AvgIpc) is 2.11. The maximum atomic E-state index is 11.2. The summed E-state index contributed by atoms with van der Waals surface area (Å²) in [5.74, 6) is -0.503. The number of carbonyl (C=O) groups is 2. The molecule has 76 valence electrons. The van der Waals surface area contributed by atoms with Crippen LogP contribution in [0.5, 0.6) is 0 Å². The van der Waals surface area contributed by atoms with E-state index in [1.165, 1.54) is 14.0 Å². The molecule has 0 radical (unpaired) electrons. The van der Waals surface area contributed by atoms with E-state index in [0.717, 1.165) is 6.42 Å². The zero-order chi connectivity index (χ0) is 10.4. The van der Waals surface area contributed by atoms with Gasteiger partial charge < -0.3 is 10.1 Å². The number of methoxy groups -OCH3 is 1. The van der Waals surface area contributed by atoms with Crippen molar-refractivity contribution in [1.82, 2.24) is 5.32 Å². The number of amides is 1. The fourth-order valence-electron chi connectivity index (χ4n) is 1.02. The first-order valence-corrected chi connectivity index (χ1v) is 4.37. The van der Waals surface area contributed by atoms with Crippen molar-refractivity contribution in [3.8, 4) is 0 Å². The third-order valence-corrected chi connectivity index (χ3v) is 2.03. The molecule has 4 heteroatoms. The van der Waals surface area contributed by atoms with Gasteiger partial charge in [-0.1, -0.05) is 20.3 Å². The van der Waals surface area contributed by atoms with Gasteiger partial charge >= 0.3 is 5.97 Å². The quantitative estimate of drug-likeness (QED) is 0.659. The van der Waals surface area contributed by atoms with Crippen molar-refractivity contribution in [3.05, 3.63) is 0 Å². The Labute approximate surface area is 78.6 Å². The molecule has 0 saturated carbocycles. The lowest BCUT2D eigenvalue weighted by Crippen LogP contribution is -2.44. The molecule has 0 aromatic heterocycles. The summed E-state index contributed by atoms with van der Waals surface area (Å²) in [5, 5.41) is 2.57. The van der Waals surface area contributed by atoms with E-state index in [-0.39, 0.29) is 17.8 Å². The highest BCUT2D eigenvalue weighted by molar-refractivity contribution is 5.83. The summed E-state index contributed by atoms with van der Waals surface area (Å²) in [7, 11) is 1.32. The predicted molar refractivity (Wildman–Crippen MR) is 49.1 cm³/mol. The van der Waals surface area contributed by atoms with Gasteiger partial charge in [-0.2, -0.15) is 0 Å². The van der Waals surface area contributed by atoms with E-state index < -0.39 is 6.04 Å². The number of esters is 1. The summed E-state index contributed by atoms with van der Waals surface area (Å²) in [6.45, 7) is 5.25. The van der Waals surface area contributed by atoms with Gasteiger partial charge in [-0.3, -0.25) is 4.79 Å². The fraction of sp³-hybridized carbons (Fsp3) is 0.778. The number of hydrogen-bond acceptors (Lipinski definition) is 3. The molecule has 0 spiro atoms. The van der Waals surface area contributed by atoms with Crippen LogP contribution in [-0.4, -0.2) is 25.0 Å². The largest absolute Gasteiger partial charge is 0.467 e. The summed E-state index contributed by atoms with van der Waals surface area (Å²) in [6, 6.07) is -0.521. The molecule has 1 N–H and O–H groups in total. The van der Waals surface area contributed by atoms with E-state index in [1.807, 2.05) is 13.8 Å². The van der Waals surface area contributed by atoms with Crippen LogP contribution in [0.3, 0.4) is 0 Å². The van der Waals surface area contributed by atoms with Crippen LogP contribution in [0.15, 0.2) is 0 Å². The summed E-state index contributed by atoms with van der Waals surface area (Å²) in [5.41, 5.74) is 0. The molecular weight excluding hydrogens is 170 g/mol. The van der Waals surface area contributed by atoms with Crippen LogP contribution in [0.25, 0.3) is 0 Å². The molecule has 0 rings (SSSR count). The second-order valence-corrected chi connectivity index (χ2v) is 3.09. The van der Waals surface area contributed by atoms with E-state index in [9.17, 15) is 9.59 Å². The van der Waals surface area contributed by atoms with Gasteiger partial charge in [0.2, 0.25) is 5.91 Å². The Hall–Kier alpha value is -1.06. The first kappa shape index (κ1) is 11.9. The van der Waals surface area contributed by atoms with E-state index in [0.29, 0.717) is 0 Å². The minimum Gasteiger partial charge on any atom is -0.467 e. The number of hydrogen-bond donors (Lipinski definition) is 1. The first-order valence-electron chi connectivity index (χ1n) is 4.37. The molecule has 0 aliphatic heterocycles. The molecule has 13 heavy (non-hydrogen) atoms. The van der Waals surface area contributed by atoms with Crippen molar-refractivity contribution in [2.45, 2.75) is 33.2 Å². The Morgan fingerprint density at radius 3 is 2.31 bits per heavy atom. The van der Waals surface area contributed by atoms with Gasteiger partial charge in [0, 0.05) is 6.92 Å². The van der Waals surface area contributed by atoms with Crippen molar-refractivity contribution >= 4 is 11.9 Å². The molecule has 0 heterocycles. The van der Waals surface area contributed by atoms with Crippen LogP contribution in [-0.2, 0) is 14.3 Å². The molecule has 1 amide bonds. The lowest BCUT2D eigenvalue weighted by Gasteiger charge is -2.20. The van der Waals surface area contributed by atoms with Crippen LogP contribution in [0.1, 0.15) is 27.2 Å². The first-order chi connectivity index (χ1) is 6.02. The van der Waals surface area contributed by atoms with Crippen molar-refractivity contribution in [2.24, 2.45) is 5.92 Å². The topological polar surface area (TPSA) is 55.4 Å². The molecule has 0 aromatic rings. The Bertz CT molecular complexity index is 191. The van der Waals surface area contributed by atoms with Gasteiger partial charge in [0.1, 0.15) is 6.04 Å². The highest BCUT2D eigenvalue weighted by Gasteiger charge is 2.25. The van der Waals surface area contributed by atoms with Crippen LogP contribution < -0.4 is 5.32 Å². The van der Waals surface area contributed by atoms with E-state index >= 15 is 0 Å². The molecular formula is C9H17NO3. The summed E-state index contributed by atoms with van der Waals surface area (Å²) >= 11 is 0. The maximum Gasteiger partial charge on any atom is 0.328 e. The Morgan fingerprint density at radius 1 is 1.46 bits per heavy atom. The average molecular weight is 187 g/mol. The third-order valence-electron chi connectivity index (χ3n) is 2.03.